The van der Waals surface area contributed by atoms with Crippen LogP contribution in [0.2, 0.25) is 0 Å². The van der Waals surface area contributed by atoms with E-state index in [9.17, 15) is 31.1 Å². The number of alkyl halides is 6. The second-order valence-electron chi connectivity index (χ2n) is 7.13. The molecule has 14 heteroatoms. The number of hydrogen-bond donors (Lipinski definition) is 4. The fourth-order valence-electron chi connectivity index (χ4n) is 3.03. The van der Waals surface area contributed by atoms with Crippen LogP contribution in [0, 0.1) is 0 Å². The summed E-state index contributed by atoms with van der Waals surface area (Å²) in [6.45, 7) is 0.0632. The van der Waals surface area contributed by atoms with Gasteiger partial charge >= 0.3 is 18.5 Å². The van der Waals surface area contributed by atoms with E-state index in [0.717, 1.165) is 22.0 Å². The lowest BCUT2D eigenvalue weighted by molar-refractivity contribution is -0.274. The molecule has 0 aliphatic carbocycles. The lowest BCUT2D eigenvalue weighted by Crippen LogP contribution is -2.22. The van der Waals surface area contributed by atoms with Gasteiger partial charge in [-0.25, -0.2) is 4.79 Å². The van der Waals surface area contributed by atoms with E-state index in [4.69, 9.17) is 9.90 Å². The summed E-state index contributed by atoms with van der Waals surface area (Å²) < 4.78 is 72.6. The van der Waals surface area contributed by atoms with E-state index in [-0.39, 0.29) is 18.2 Å². The Bertz CT molecular complexity index is 1350. The molecule has 190 valence electrons. The Labute approximate surface area is 197 Å². The van der Waals surface area contributed by atoms with Crippen LogP contribution in [0.25, 0.3) is 22.0 Å². The molecule has 0 saturated carbocycles. The van der Waals surface area contributed by atoms with Gasteiger partial charge in [0.2, 0.25) is 0 Å². The van der Waals surface area contributed by atoms with Gasteiger partial charge in [0.1, 0.15) is 5.75 Å². The molecule has 0 unspecified atom stereocenters. The first-order chi connectivity index (χ1) is 16.8. The summed E-state index contributed by atoms with van der Waals surface area (Å²) in [6.07, 6.45) is -4.77. The van der Waals surface area contributed by atoms with Gasteiger partial charge < -0.3 is 20.1 Å². The highest BCUT2D eigenvalue weighted by Crippen LogP contribution is 2.26. The molecule has 0 aliphatic heterocycles. The van der Waals surface area contributed by atoms with E-state index in [0.29, 0.717) is 11.1 Å². The number of nitrogens with zero attached hydrogens (tertiary/aromatic N) is 1. The average Bonchev–Trinajstić information content (AvgIpc) is 3.46. The quantitative estimate of drug-likeness (QED) is 0.279. The number of carbonyl (C=O) groups is 2. The lowest BCUT2D eigenvalue weighted by atomic mass is 10.1. The molecule has 0 bridgehead atoms. The first kappa shape index (κ1) is 26.1. The molecule has 0 aliphatic rings. The van der Waals surface area contributed by atoms with Crippen LogP contribution < -0.4 is 10.1 Å². The van der Waals surface area contributed by atoms with Crippen LogP contribution in [0.4, 0.5) is 26.3 Å². The Kier molecular flexibility index (Phi) is 7.56. The van der Waals surface area contributed by atoms with Crippen LogP contribution in [0.1, 0.15) is 15.9 Å². The number of H-pyrrole nitrogens is 2. The standard InChI is InChI=1S/C20H15F3N4O2.C2HF3O2/c21-20(22,23)29-15-3-1-2-12(6-15)8-25-19(28)17-11-24-18-7-13(4-5-16(17)18)14-9-26-27-10-14;3-2(4,5)1(6)7/h1-7,9-11,24H,8H2,(H,25,28)(H,26,27);(H,6,7). The van der Waals surface area contributed by atoms with Crippen molar-refractivity contribution in [1.29, 1.82) is 0 Å². The van der Waals surface area contributed by atoms with Gasteiger partial charge in [-0.1, -0.05) is 24.3 Å². The van der Waals surface area contributed by atoms with E-state index in [2.05, 4.69) is 25.2 Å². The smallest absolute Gasteiger partial charge is 0.475 e. The predicted molar refractivity (Wildman–Crippen MR) is 114 cm³/mol. The maximum absolute atomic E-state index is 12.6. The van der Waals surface area contributed by atoms with E-state index in [1.807, 2.05) is 18.2 Å². The Hall–Kier alpha value is -4.49. The molecule has 2 aromatic heterocycles. The number of carbonyl (C=O) groups excluding carboxylic acids is 1. The van der Waals surface area contributed by atoms with Gasteiger partial charge in [0.15, 0.2) is 0 Å². The van der Waals surface area contributed by atoms with Crippen molar-refractivity contribution in [2.45, 2.75) is 19.1 Å². The highest BCUT2D eigenvalue weighted by Gasteiger charge is 2.38. The van der Waals surface area contributed by atoms with Crippen molar-refractivity contribution in [3.8, 4) is 16.9 Å². The topological polar surface area (TPSA) is 120 Å². The molecule has 8 nitrogen and oxygen atoms in total. The van der Waals surface area contributed by atoms with Crippen LogP contribution in [-0.2, 0) is 11.3 Å². The number of hydrogen-bond acceptors (Lipinski definition) is 4. The number of aromatic amines is 2. The zero-order valence-corrected chi connectivity index (χ0v) is 17.9. The number of aliphatic carboxylic acids is 1. The molecule has 0 fully saturated rings. The summed E-state index contributed by atoms with van der Waals surface area (Å²) in [5.74, 6) is -3.43. The maximum atomic E-state index is 12.6. The largest absolute Gasteiger partial charge is 0.573 e. The van der Waals surface area contributed by atoms with Crippen molar-refractivity contribution < 1.29 is 45.8 Å². The van der Waals surface area contributed by atoms with Gasteiger partial charge in [-0.05, 0) is 29.3 Å². The summed E-state index contributed by atoms with van der Waals surface area (Å²) in [7, 11) is 0. The Morgan fingerprint density at radius 1 is 1.00 bits per heavy atom. The Morgan fingerprint density at radius 3 is 2.33 bits per heavy atom. The van der Waals surface area contributed by atoms with Crippen molar-refractivity contribution >= 4 is 22.8 Å². The number of carboxylic acid groups (broad SMARTS) is 1. The Morgan fingerprint density at radius 2 is 1.72 bits per heavy atom. The molecule has 0 saturated heterocycles. The maximum Gasteiger partial charge on any atom is 0.573 e. The molecule has 2 heterocycles. The SMILES string of the molecule is O=C(NCc1cccc(OC(F)(F)F)c1)c1c[nH]c2cc(-c3cn[nH]c3)ccc12.O=C(O)C(F)(F)F. The van der Waals surface area contributed by atoms with Crippen LogP contribution in [-0.4, -0.2) is 44.7 Å². The van der Waals surface area contributed by atoms with Gasteiger partial charge in [0, 0.05) is 35.4 Å². The number of carboxylic acids is 1. The van der Waals surface area contributed by atoms with Crippen molar-refractivity contribution in [2.75, 3.05) is 0 Å². The fraction of sp³-hybridized carbons (Fsp3) is 0.136. The normalized spacial score (nSPS) is 11.5. The molecule has 0 radical (unpaired) electrons. The number of fused-ring (bicyclic) bond motifs is 1. The van der Waals surface area contributed by atoms with Crippen molar-refractivity contribution in [3.63, 3.8) is 0 Å². The molecular formula is C22H16F6N4O4. The van der Waals surface area contributed by atoms with E-state index < -0.39 is 18.5 Å². The molecular weight excluding hydrogens is 498 g/mol. The van der Waals surface area contributed by atoms with Crippen LogP contribution >= 0.6 is 0 Å². The minimum absolute atomic E-state index is 0.0632. The third kappa shape index (κ3) is 7.01. The van der Waals surface area contributed by atoms with Crippen molar-refractivity contribution in [2.24, 2.45) is 0 Å². The zero-order valence-electron chi connectivity index (χ0n) is 17.9. The fourth-order valence-corrected chi connectivity index (χ4v) is 3.03. The second-order valence-corrected chi connectivity index (χ2v) is 7.13. The molecule has 4 aromatic rings. The Balaban J connectivity index is 0.000000454. The van der Waals surface area contributed by atoms with E-state index in [1.165, 1.54) is 18.2 Å². The average molecular weight is 514 g/mol. The third-order valence-electron chi connectivity index (χ3n) is 4.59. The van der Waals surface area contributed by atoms with Gasteiger partial charge in [-0.2, -0.15) is 18.3 Å². The van der Waals surface area contributed by atoms with Crippen molar-refractivity contribution in [1.82, 2.24) is 20.5 Å². The first-order valence-corrected chi connectivity index (χ1v) is 9.87. The number of rotatable bonds is 5. The van der Waals surface area contributed by atoms with E-state index in [1.54, 1.807) is 24.7 Å². The highest BCUT2D eigenvalue weighted by atomic mass is 19.4. The number of benzene rings is 2. The molecule has 1 amide bonds. The summed E-state index contributed by atoms with van der Waals surface area (Å²) in [5, 5.41) is 17.3. The van der Waals surface area contributed by atoms with Crippen LogP contribution in [0.15, 0.2) is 61.1 Å². The lowest BCUT2D eigenvalue weighted by Gasteiger charge is -2.10. The van der Waals surface area contributed by atoms with Gasteiger partial charge in [-0.15, -0.1) is 13.2 Å². The molecule has 4 N–H and O–H groups in total. The second kappa shape index (κ2) is 10.4. The van der Waals surface area contributed by atoms with Gasteiger partial charge in [-0.3, -0.25) is 9.89 Å². The monoisotopic (exact) mass is 514 g/mol. The number of halogens is 6. The van der Waals surface area contributed by atoms with Gasteiger partial charge in [0.05, 0.1) is 11.8 Å². The number of amides is 1. The minimum atomic E-state index is -5.08. The summed E-state index contributed by atoms with van der Waals surface area (Å²) in [5.41, 5.74) is 3.59. The zero-order chi connectivity index (χ0) is 26.5. The molecule has 4 rings (SSSR count). The number of ether oxygens (including phenoxy) is 1. The highest BCUT2D eigenvalue weighted by molar-refractivity contribution is 6.07. The molecule has 0 spiro atoms. The molecule has 0 atom stereocenters. The number of aromatic nitrogens is 3. The molecule has 2 aromatic carbocycles. The van der Waals surface area contributed by atoms with Crippen LogP contribution in [0.3, 0.4) is 0 Å². The first-order valence-electron chi connectivity index (χ1n) is 9.87. The predicted octanol–water partition coefficient (Wildman–Crippen LogP) is 5.02. The van der Waals surface area contributed by atoms with Gasteiger partial charge in [0.25, 0.3) is 5.91 Å². The summed E-state index contributed by atoms with van der Waals surface area (Å²) >= 11 is 0. The number of nitrogens with one attached hydrogen (secondary N) is 3. The minimum Gasteiger partial charge on any atom is -0.475 e. The van der Waals surface area contributed by atoms with Crippen molar-refractivity contribution in [3.05, 3.63) is 72.2 Å². The summed E-state index contributed by atoms with van der Waals surface area (Å²) in [6, 6.07) is 11.1. The molecule has 36 heavy (non-hydrogen) atoms. The van der Waals surface area contributed by atoms with E-state index >= 15 is 0 Å². The summed E-state index contributed by atoms with van der Waals surface area (Å²) in [4.78, 5) is 24.5. The van der Waals surface area contributed by atoms with Crippen LogP contribution in [0.5, 0.6) is 5.75 Å². The third-order valence-corrected chi connectivity index (χ3v) is 4.59.